The Morgan fingerprint density at radius 2 is 1.27 bits per heavy atom. The first kappa shape index (κ1) is 19.9. The molecule has 1 heterocycles. The summed E-state index contributed by atoms with van der Waals surface area (Å²) in [6, 6.07) is 29.2. The average Bonchev–Trinajstić information content (AvgIpc) is 3.14. The molecule has 3 aromatic carbocycles. The number of carbonyl (C=O) groups is 1. The van der Waals surface area contributed by atoms with Crippen LogP contribution in [0.25, 0.3) is 0 Å². The van der Waals surface area contributed by atoms with E-state index in [0.29, 0.717) is 0 Å². The Balaban J connectivity index is 1.77. The summed E-state index contributed by atoms with van der Waals surface area (Å²) in [7, 11) is 0. The molecule has 152 valence electrons. The van der Waals surface area contributed by atoms with E-state index in [1.807, 2.05) is 91.0 Å². The van der Waals surface area contributed by atoms with Crippen LogP contribution < -0.4 is 0 Å². The molecule has 0 aromatic heterocycles. The minimum Gasteiger partial charge on any atom is -0.508 e. The second kappa shape index (κ2) is 8.53. The molecule has 1 unspecified atom stereocenters. The number of rotatable bonds is 7. The van der Waals surface area contributed by atoms with Gasteiger partial charge in [-0.3, -0.25) is 0 Å². The van der Waals surface area contributed by atoms with E-state index in [1.54, 1.807) is 0 Å². The fraction of sp³-hybridized carbons (Fsp3) is 0.160. The Morgan fingerprint density at radius 1 is 0.833 bits per heavy atom. The van der Waals surface area contributed by atoms with Crippen LogP contribution in [0.2, 0.25) is 0 Å². The molecule has 1 aliphatic rings. The van der Waals surface area contributed by atoms with Gasteiger partial charge in [-0.05, 0) is 16.7 Å². The Kier molecular flexibility index (Phi) is 5.65. The van der Waals surface area contributed by atoms with Gasteiger partial charge in [0.2, 0.25) is 0 Å². The first-order chi connectivity index (χ1) is 14.6. The normalized spacial score (nSPS) is 17.3. The molecule has 4 rings (SSSR count). The third-order valence-corrected chi connectivity index (χ3v) is 5.16. The third-order valence-electron chi connectivity index (χ3n) is 5.16. The molecule has 1 aliphatic heterocycles. The molecule has 0 aliphatic carbocycles. The highest BCUT2D eigenvalue weighted by atomic mass is 16.6. The third kappa shape index (κ3) is 3.73. The molecule has 30 heavy (non-hydrogen) atoms. The van der Waals surface area contributed by atoms with Crippen molar-refractivity contribution in [2.75, 3.05) is 6.61 Å². The van der Waals surface area contributed by atoms with Crippen molar-refractivity contribution in [3.8, 4) is 0 Å². The number of hydrogen-bond donors (Lipinski definition) is 2. The zero-order chi connectivity index (χ0) is 21.0. The molecule has 2 atom stereocenters. The number of carbonyl (C=O) groups excluding carboxylic acids is 1. The van der Waals surface area contributed by atoms with Crippen LogP contribution >= 0.6 is 0 Å². The van der Waals surface area contributed by atoms with Gasteiger partial charge in [0.05, 0.1) is 12.7 Å². The largest absolute Gasteiger partial charge is 0.508 e. The lowest BCUT2D eigenvalue weighted by atomic mass is 9.80. The van der Waals surface area contributed by atoms with Crippen molar-refractivity contribution in [2.24, 2.45) is 0 Å². The van der Waals surface area contributed by atoms with Crippen LogP contribution in [-0.2, 0) is 19.9 Å². The van der Waals surface area contributed by atoms with E-state index in [1.165, 1.54) is 0 Å². The molecule has 0 fully saturated rings. The van der Waals surface area contributed by atoms with E-state index < -0.39 is 23.8 Å². The highest BCUT2D eigenvalue weighted by Gasteiger charge is 2.40. The smallest absolute Gasteiger partial charge is 0.335 e. The van der Waals surface area contributed by atoms with E-state index in [9.17, 15) is 15.0 Å². The number of aliphatic hydroxyl groups excluding tert-OH is 2. The van der Waals surface area contributed by atoms with Gasteiger partial charge in [0, 0.05) is 0 Å². The summed E-state index contributed by atoms with van der Waals surface area (Å²) in [4.78, 5) is 11.4. The second-order valence-corrected chi connectivity index (χ2v) is 7.08. The molecule has 0 amide bonds. The van der Waals surface area contributed by atoms with Crippen molar-refractivity contribution < 1.29 is 24.5 Å². The Bertz CT molecular complexity index is 919. The van der Waals surface area contributed by atoms with Gasteiger partial charge in [-0.1, -0.05) is 91.0 Å². The first-order valence-electron chi connectivity index (χ1n) is 9.71. The van der Waals surface area contributed by atoms with Gasteiger partial charge < -0.3 is 19.7 Å². The number of hydrogen-bond acceptors (Lipinski definition) is 5. The van der Waals surface area contributed by atoms with Crippen molar-refractivity contribution in [3.63, 3.8) is 0 Å². The van der Waals surface area contributed by atoms with Crippen LogP contribution in [0.15, 0.2) is 103 Å². The minimum atomic E-state index is -1.23. The number of esters is 1. The van der Waals surface area contributed by atoms with Gasteiger partial charge in [0.15, 0.2) is 6.10 Å². The summed E-state index contributed by atoms with van der Waals surface area (Å²) in [5, 5.41) is 20.5. The van der Waals surface area contributed by atoms with Gasteiger partial charge in [0.25, 0.3) is 0 Å². The topological polar surface area (TPSA) is 76.0 Å². The van der Waals surface area contributed by atoms with Crippen LogP contribution in [0.1, 0.15) is 16.7 Å². The quantitative estimate of drug-likeness (QED) is 0.465. The van der Waals surface area contributed by atoms with Crippen molar-refractivity contribution in [3.05, 3.63) is 120 Å². The number of benzene rings is 3. The lowest BCUT2D eigenvalue weighted by Crippen LogP contribution is -2.39. The van der Waals surface area contributed by atoms with Crippen molar-refractivity contribution in [1.29, 1.82) is 0 Å². The maximum absolute atomic E-state index is 11.4. The predicted molar refractivity (Wildman–Crippen MR) is 112 cm³/mol. The summed E-state index contributed by atoms with van der Waals surface area (Å²) in [5.41, 5.74) is 1.65. The summed E-state index contributed by atoms with van der Waals surface area (Å²) in [5.74, 6) is -0.988. The van der Waals surface area contributed by atoms with E-state index in [4.69, 9.17) is 9.47 Å². The van der Waals surface area contributed by atoms with Crippen LogP contribution in [0.3, 0.4) is 0 Å². The molecule has 5 nitrogen and oxygen atoms in total. The summed E-state index contributed by atoms with van der Waals surface area (Å²) in [6.07, 6.45) is -1.41. The van der Waals surface area contributed by atoms with Crippen molar-refractivity contribution >= 4 is 5.97 Å². The molecule has 0 saturated carbocycles. The second-order valence-electron chi connectivity index (χ2n) is 7.08. The Hall–Kier alpha value is -3.41. The molecular weight excluding hydrogens is 380 g/mol. The molecule has 5 heteroatoms. The number of ether oxygens (including phenoxy) is 2. The SMILES string of the molecule is O=C1C=C(O)C([C@@H](O)COC(c2ccccc2)(c2ccccc2)c2ccccc2)O1. The van der Waals surface area contributed by atoms with Gasteiger partial charge in [-0.2, -0.15) is 0 Å². The molecule has 0 saturated heterocycles. The Labute approximate surface area is 174 Å². The van der Waals surface area contributed by atoms with E-state index in [0.717, 1.165) is 22.8 Å². The van der Waals surface area contributed by atoms with Gasteiger partial charge in [-0.25, -0.2) is 4.79 Å². The highest BCUT2D eigenvalue weighted by Crippen LogP contribution is 2.40. The summed E-state index contributed by atoms with van der Waals surface area (Å²) >= 11 is 0. The Morgan fingerprint density at radius 3 is 1.63 bits per heavy atom. The predicted octanol–water partition coefficient (Wildman–Crippen LogP) is 3.72. The highest BCUT2D eigenvalue weighted by molar-refractivity contribution is 5.85. The standard InChI is InChI=1S/C25H22O5/c26-21-16-23(28)30-24(21)22(27)17-29-25(18-10-4-1-5-11-18,19-12-6-2-7-13-19)20-14-8-3-9-15-20/h1-16,22,24,26-27H,17H2/t22-,24?/m0/s1. The van der Waals surface area contributed by atoms with Gasteiger partial charge >= 0.3 is 5.97 Å². The number of aliphatic hydroxyl groups is 2. The monoisotopic (exact) mass is 402 g/mol. The summed E-state index contributed by atoms with van der Waals surface area (Å²) in [6.45, 7) is -0.172. The van der Waals surface area contributed by atoms with Crippen molar-refractivity contribution in [1.82, 2.24) is 0 Å². The zero-order valence-corrected chi connectivity index (χ0v) is 16.2. The molecular formula is C25H22O5. The van der Waals surface area contributed by atoms with Crippen LogP contribution in [0, 0.1) is 0 Å². The minimum absolute atomic E-state index is 0.172. The fourth-order valence-electron chi connectivity index (χ4n) is 3.76. The molecule has 0 bridgehead atoms. The number of cyclic esters (lactones) is 1. The van der Waals surface area contributed by atoms with Gasteiger partial charge in [-0.15, -0.1) is 0 Å². The van der Waals surface area contributed by atoms with Crippen LogP contribution in [-0.4, -0.2) is 35.0 Å². The van der Waals surface area contributed by atoms with Crippen LogP contribution in [0.5, 0.6) is 0 Å². The van der Waals surface area contributed by atoms with Crippen LogP contribution in [0.4, 0.5) is 0 Å². The maximum Gasteiger partial charge on any atom is 0.335 e. The average molecular weight is 402 g/mol. The van der Waals surface area contributed by atoms with E-state index in [-0.39, 0.29) is 12.4 Å². The summed E-state index contributed by atoms with van der Waals surface area (Å²) < 4.78 is 11.5. The van der Waals surface area contributed by atoms with Gasteiger partial charge in [0.1, 0.15) is 17.5 Å². The molecule has 0 spiro atoms. The maximum atomic E-state index is 11.4. The molecule has 3 aromatic rings. The van der Waals surface area contributed by atoms with Crippen molar-refractivity contribution in [2.45, 2.75) is 17.8 Å². The zero-order valence-electron chi connectivity index (χ0n) is 16.2. The molecule has 0 radical (unpaired) electrons. The molecule has 2 N–H and O–H groups in total. The fourth-order valence-corrected chi connectivity index (χ4v) is 3.76. The first-order valence-corrected chi connectivity index (χ1v) is 9.71. The lowest BCUT2D eigenvalue weighted by Gasteiger charge is -2.37. The van der Waals surface area contributed by atoms with E-state index >= 15 is 0 Å². The lowest BCUT2D eigenvalue weighted by molar-refractivity contribution is -0.147. The van der Waals surface area contributed by atoms with E-state index in [2.05, 4.69) is 0 Å².